The van der Waals surface area contributed by atoms with E-state index in [1.165, 1.54) is 13.1 Å². The van der Waals surface area contributed by atoms with E-state index in [1.54, 1.807) is 6.07 Å². The molecule has 2 aromatic rings. The summed E-state index contributed by atoms with van der Waals surface area (Å²) in [7, 11) is -2.29. The van der Waals surface area contributed by atoms with E-state index in [0.29, 0.717) is 23.5 Å². The number of hydrogen-bond donors (Lipinski definition) is 2. The van der Waals surface area contributed by atoms with Gasteiger partial charge in [0.2, 0.25) is 10.0 Å². The highest BCUT2D eigenvalue weighted by atomic mass is 32.2. The minimum Gasteiger partial charge on any atom is -0.505 e. The molecule has 0 saturated carbocycles. The second-order valence-electron chi connectivity index (χ2n) is 10.5. The topological polar surface area (TPSA) is 102 Å². The van der Waals surface area contributed by atoms with Crippen molar-refractivity contribution in [2.45, 2.75) is 51.9 Å². The lowest BCUT2D eigenvalue weighted by molar-refractivity contribution is 0.0963. The van der Waals surface area contributed by atoms with Crippen molar-refractivity contribution in [3.05, 3.63) is 59.2 Å². The van der Waals surface area contributed by atoms with E-state index in [9.17, 15) is 18.3 Å². The first kappa shape index (κ1) is 26.7. The minimum atomic E-state index is -3.65. The summed E-state index contributed by atoms with van der Waals surface area (Å²) in [4.78, 5) is 15.3. The van der Waals surface area contributed by atoms with E-state index in [0.717, 1.165) is 29.0 Å². The number of anilines is 1. The van der Waals surface area contributed by atoms with Gasteiger partial charge in [-0.1, -0.05) is 64.4 Å². The Kier molecular flexibility index (Phi) is 7.65. The first-order chi connectivity index (χ1) is 16.3. The van der Waals surface area contributed by atoms with Crippen LogP contribution in [0.25, 0.3) is 0 Å². The molecule has 2 atom stereocenters. The van der Waals surface area contributed by atoms with Crippen LogP contribution in [0.2, 0.25) is 0 Å². The van der Waals surface area contributed by atoms with E-state index in [-0.39, 0.29) is 35.6 Å². The zero-order valence-corrected chi connectivity index (χ0v) is 22.3. The number of aromatic hydroxyl groups is 1. The number of likely N-dealkylation sites (tertiary alicyclic amines) is 1. The van der Waals surface area contributed by atoms with Gasteiger partial charge in [0, 0.05) is 30.6 Å². The molecule has 0 aromatic heterocycles. The quantitative estimate of drug-likeness (QED) is 0.510. The van der Waals surface area contributed by atoms with Crippen molar-refractivity contribution in [3.63, 3.8) is 0 Å². The summed E-state index contributed by atoms with van der Waals surface area (Å²) >= 11 is 0. The van der Waals surface area contributed by atoms with Gasteiger partial charge < -0.3 is 10.0 Å². The zero-order valence-electron chi connectivity index (χ0n) is 21.5. The van der Waals surface area contributed by atoms with E-state index in [4.69, 9.17) is 5.41 Å². The van der Waals surface area contributed by atoms with Gasteiger partial charge in [0.15, 0.2) is 5.78 Å². The average Bonchev–Trinajstić information content (AvgIpc) is 3.07. The van der Waals surface area contributed by atoms with Crippen molar-refractivity contribution < 1.29 is 18.3 Å². The molecular weight excluding hydrogens is 462 g/mol. The zero-order chi connectivity index (χ0) is 26.1. The Morgan fingerprint density at radius 3 is 2.37 bits per heavy atom. The molecule has 35 heavy (non-hydrogen) atoms. The van der Waals surface area contributed by atoms with Crippen LogP contribution in [0.15, 0.2) is 42.5 Å². The standard InChI is InChI=1S/C27H37N3O4S/c1-7-11-19-16-30(26(28)24(19)18-12-9-8-10-13-18)17-23(31)20-14-21(27(2,3)4)25(32)22(15-20)29(5)35(6,33)34/h8-10,12-15,19,24,28,32H,7,11,16-17H2,1-6H3/t19-,24-/m1/s1. The van der Waals surface area contributed by atoms with Gasteiger partial charge in [0.05, 0.1) is 18.5 Å². The van der Waals surface area contributed by atoms with Crippen LogP contribution < -0.4 is 4.31 Å². The number of amidine groups is 1. The molecule has 3 rings (SSSR count). The first-order valence-electron chi connectivity index (χ1n) is 12.0. The highest BCUT2D eigenvalue weighted by Gasteiger charge is 2.38. The highest BCUT2D eigenvalue weighted by molar-refractivity contribution is 7.92. The normalized spacial score (nSPS) is 18.7. The van der Waals surface area contributed by atoms with Gasteiger partial charge >= 0.3 is 0 Å². The van der Waals surface area contributed by atoms with Gasteiger partial charge in [0.1, 0.15) is 11.6 Å². The third-order valence-corrected chi connectivity index (χ3v) is 7.96. The molecule has 2 aromatic carbocycles. The summed E-state index contributed by atoms with van der Waals surface area (Å²) in [6.07, 6.45) is 3.02. The molecule has 0 aliphatic carbocycles. The number of phenolic OH excluding ortho intramolecular Hbond substituents is 1. The number of sulfonamides is 1. The molecule has 0 unspecified atom stereocenters. The maximum Gasteiger partial charge on any atom is 0.232 e. The Morgan fingerprint density at radius 2 is 1.83 bits per heavy atom. The molecule has 1 aliphatic rings. The molecule has 8 heteroatoms. The maximum absolute atomic E-state index is 13.5. The second kappa shape index (κ2) is 10.0. The number of carbonyl (C=O) groups is 1. The summed E-state index contributed by atoms with van der Waals surface area (Å²) in [5.41, 5.74) is 1.46. The molecule has 1 fully saturated rings. The number of rotatable bonds is 8. The summed E-state index contributed by atoms with van der Waals surface area (Å²) in [5.74, 6) is 0.266. The van der Waals surface area contributed by atoms with Gasteiger partial charge in [-0.15, -0.1) is 0 Å². The number of ketones is 1. The molecule has 0 bridgehead atoms. The minimum absolute atomic E-state index is 0.0266. The van der Waals surface area contributed by atoms with Crippen LogP contribution in [-0.2, 0) is 15.4 Å². The Morgan fingerprint density at radius 1 is 1.20 bits per heavy atom. The predicted octanol–water partition coefficient (Wildman–Crippen LogP) is 4.76. The first-order valence-corrected chi connectivity index (χ1v) is 13.8. The Bertz CT molecular complexity index is 1200. The second-order valence-corrected chi connectivity index (χ2v) is 12.5. The number of nitrogens with zero attached hydrogens (tertiary/aromatic N) is 2. The lowest BCUT2D eigenvalue weighted by Gasteiger charge is -2.27. The Labute approximate surface area is 209 Å². The van der Waals surface area contributed by atoms with Gasteiger partial charge in [-0.25, -0.2) is 8.42 Å². The number of carbonyl (C=O) groups excluding carboxylic acids is 1. The maximum atomic E-state index is 13.5. The monoisotopic (exact) mass is 499 g/mol. The Hall–Kier alpha value is -2.87. The predicted molar refractivity (Wildman–Crippen MR) is 141 cm³/mol. The summed E-state index contributed by atoms with van der Waals surface area (Å²) in [5, 5.41) is 19.8. The third-order valence-electron chi connectivity index (χ3n) is 6.77. The number of Topliss-reactive ketones (excluding diaryl/α,β-unsaturated/α-hetero) is 1. The van der Waals surface area contributed by atoms with Crippen LogP contribution in [0.3, 0.4) is 0 Å². The molecule has 1 heterocycles. The molecule has 0 radical (unpaired) electrons. The fraction of sp³-hybridized carbons (Fsp3) is 0.481. The van der Waals surface area contributed by atoms with Gasteiger partial charge in [-0.2, -0.15) is 0 Å². The van der Waals surface area contributed by atoms with E-state index in [1.807, 2.05) is 56.0 Å². The van der Waals surface area contributed by atoms with Crippen molar-refractivity contribution in [3.8, 4) is 5.75 Å². The van der Waals surface area contributed by atoms with Crippen LogP contribution in [-0.4, -0.2) is 56.4 Å². The largest absolute Gasteiger partial charge is 0.505 e. The molecule has 2 N–H and O–H groups in total. The summed E-state index contributed by atoms with van der Waals surface area (Å²) in [6, 6.07) is 13.1. The lowest BCUT2D eigenvalue weighted by atomic mass is 9.84. The SMILES string of the molecule is CCC[C@@H]1CN(CC(=O)c2cc(N(C)S(C)(=O)=O)c(O)c(C(C)(C)C)c2)C(=N)[C@@H]1c1ccccc1. The smallest absolute Gasteiger partial charge is 0.232 e. The van der Waals surface area contributed by atoms with Crippen LogP contribution in [0.1, 0.15) is 67.9 Å². The van der Waals surface area contributed by atoms with Crippen molar-refractivity contribution in [2.24, 2.45) is 5.92 Å². The third kappa shape index (κ3) is 5.69. The van der Waals surface area contributed by atoms with Crippen LogP contribution >= 0.6 is 0 Å². The Balaban J connectivity index is 1.96. The van der Waals surface area contributed by atoms with Gasteiger partial charge in [-0.05, 0) is 35.4 Å². The molecule has 0 amide bonds. The molecule has 190 valence electrons. The van der Waals surface area contributed by atoms with Crippen molar-refractivity contribution in [2.75, 3.05) is 30.7 Å². The lowest BCUT2D eigenvalue weighted by Crippen LogP contribution is -2.32. The van der Waals surface area contributed by atoms with Crippen LogP contribution in [0.4, 0.5) is 5.69 Å². The van der Waals surface area contributed by atoms with Gasteiger partial charge in [0.25, 0.3) is 0 Å². The summed E-state index contributed by atoms with van der Waals surface area (Å²) in [6.45, 7) is 8.48. The molecule has 7 nitrogen and oxygen atoms in total. The highest BCUT2D eigenvalue weighted by Crippen LogP contribution is 2.40. The molecular formula is C27H37N3O4S. The molecule has 1 saturated heterocycles. The van der Waals surface area contributed by atoms with Crippen LogP contribution in [0, 0.1) is 11.3 Å². The van der Waals surface area contributed by atoms with E-state index in [2.05, 4.69) is 6.92 Å². The fourth-order valence-electron chi connectivity index (χ4n) is 4.81. The number of phenols is 1. The fourth-order valence-corrected chi connectivity index (χ4v) is 5.31. The summed E-state index contributed by atoms with van der Waals surface area (Å²) < 4.78 is 25.4. The number of nitrogens with one attached hydrogen (secondary N) is 1. The average molecular weight is 500 g/mol. The van der Waals surface area contributed by atoms with E-state index >= 15 is 0 Å². The van der Waals surface area contributed by atoms with Gasteiger partial charge in [-0.3, -0.25) is 14.5 Å². The molecule has 0 spiro atoms. The van der Waals surface area contributed by atoms with Crippen molar-refractivity contribution in [1.29, 1.82) is 5.41 Å². The number of hydrogen-bond acceptors (Lipinski definition) is 5. The van der Waals surface area contributed by atoms with E-state index < -0.39 is 15.4 Å². The molecule has 1 aliphatic heterocycles. The number of benzene rings is 2. The van der Waals surface area contributed by atoms with Crippen molar-refractivity contribution >= 4 is 27.3 Å². The van der Waals surface area contributed by atoms with Crippen LogP contribution in [0.5, 0.6) is 5.75 Å². The van der Waals surface area contributed by atoms with Crippen molar-refractivity contribution in [1.82, 2.24) is 4.90 Å².